The molecule has 0 saturated heterocycles. The van der Waals surface area contributed by atoms with Crippen LogP contribution in [0.15, 0.2) is 84.9 Å². The summed E-state index contributed by atoms with van der Waals surface area (Å²) < 4.78 is 0. The van der Waals surface area contributed by atoms with Crippen molar-refractivity contribution in [3.05, 3.63) is 84.9 Å². The summed E-state index contributed by atoms with van der Waals surface area (Å²) in [4.78, 5) is 0. The monoisotopic (exact) mass is 316 g/mol. The van der Waals surface area contributed by atoms with Gasteiger partial charge in [-0.05, 0) is 32.7 Å². The molecule has 0 saturated carbocycles. The van der Waals surface area contributed by atoms with E-state index in [1.165, 1.54) is 32.7 Å². The molecule has 4 rings (SSSR count). The molecule has 0 aromatic heterocycles. The van der Waals surface area contributed by atoms with Gasteiger partial charge in [-0.15, -0.1) is 0 Å². The number of hydrogen-bond donors (Lipinski definition) is 2. The van der Waals surface area contributed by atoms with Crippen molar-refractivity contribution in [2.75, 3.05) is 13.2 Å². The second-order valence-corrected chi connectivity index (χ2v) is 5.50. The SMILES string of the molecule is OCCO.c1ccc2c(-c3cccc4ccccc34)cccc2c1. The maximum Gasteiger partial charge on any atom is 0.0662 e. The Morgan fingerprint density at radius 1 is 0.458 bits per heavy atom. The summed E-state index contributed by atoms with van der Waals surface area (Å²) in [5, 5.41) is 20.5. The van der Waals surface area contributed by atoms with Crippen LogP contribution >= 0.6 is 0 Å². The molecule has 120 valence electrons. The average molecular weight is 316 g/mol. The smallest absolute Gasteiger partial charge is 0.0662 e. The lowest BCUT2D eigenvalue weighted by atomic mass is 9.94. The number of aliphatic hydroxyl groups is 2. The van der Waals surface area contributed by atoms with Crippen LogP contribution in [0.4, 0.5) is 0 Å². The Hall–Kier alpha value is -2.68. The van der Waals surface area contributed by atoms with Crippen molar-refractivity contribution in [3.63, 3.8) is 0 Å². The third kappa shape index (κ3) is 3.30. The first-order valence-corrected chi connectivity index (χ1v) is 8.03. The van der Waals surface area contributed by atoms with Gasteiger partial charge in [0.25, 0.3) is 0 Å². The van der Waals surface area contributed by atoms with Crippen molar-refractivity contribution in [2.45, 2.75) is 0 Å². The van der Waals surface area contributed by atoms with Crippen LogP contribution in [0.25, 0.3) is 32.7 Å². The highest BCUT2D eigenvalue weighted by molar-refractivity contribution is 6.05. The fourth-order valence-corrected chi connectivity index (χ4v) is 2.92. The summed E-state index contributed by atoms with van der Waals surface area (Å²) in [6.45, 7) is -0.250. The quantitative estimate of drug-likeness (QED) is 0.566. The molecule has 0 spiro atoms. The first-order valence-electron chi connectivity index (χ1n) is 8.03. The van der Waals surface area contributed by atoms with E-state index in [0.29, 0.717) is 0 Å². The molecule has 2 nitrogen and oxygen atoms in total. The highest BCUT2D eigenvalue weighted by Crippen LogP contribution is 2.33. The van der Waals surface area contributed by atoms with Crippen molar-refractivity contribution in [3.8, 4) is 11.1 Å². The van der Waals surface area contributed by atoms with Crippen LogP contribution in [-0.4, -0.2) is 23.4 Å². The Bertz CT molecular complexity index is 855. The first-order chi connectivity index (χ1) is 11.8. The van der Waals surface area contributed by atoms with Gasteiger partial charge < -0.3 is 10.2 Å². The summed E-state index contributed by atoms with van der Waals surface area (Å²) >= 11 is 0. The third-order valence-electron chi connectivity index (χ3n) is 3.97. The van der Waals surface area contributed by atoms with Crippen molar-refractivity contribution < 1.29 is 10.2 Å². The standard InChI is InChI=1S/C20H14.C2H6O2/c1-3-11-17-15(7-1)9-5-13-19(17)20-14-6-10-16-8-2-4-12-18(16)20;3-1-2-4/h1-14H;3-4H,1-2H2. The molecule has 0 amide bonds. The van der Waals surface area contributed by atoms with Crippen LogP contribution in [0.2, 0.25) is 0 Å². The van der Waals surface area contributed by atoms with E-state index in [0.717, 1.165) is 0 Å². The first kappa shape index (κ1) is 16.2. The van der Waals surface area contributed by atoms with E-state index in [1.807, 2.05) is 0 Å². The molecule has 0 fully saturated rings. The summed E-state index contributed by atoms with van der Waals surface area (Å²) in [7, 11) is 0. The minimum atomic E-state index is -0.125. The Balaban J connectivity index is 0.000000383. The van der Waals surface area contributed by atoms with Gasteiger partial charge in [-0.1, -0.05) is 84.9 Å². The van der Waals surface area contributed by atoms with Crippen LogP contribution in [0.5, 0.6) is 0 Å². The number of rotatable bonds is 2. The minimum absolute atomic E-state index is 0.125. The van der Waals surface area contributed by atoms with Gasteiger partial charge in [0.1, 0.15) is 0 Å². The summed E-state index contributed by atoms with van der Waals surface area (Å²) in [5.41, 5.74) is 2.61. The molecule has 0 radical (unpaired) electrons. The topological polar surface area (TPSA) is 40.5 Å². The van der Waals surface area contributed by atoms with Crippen molar-refractivity contribution in [1.82, 2.24) is 0 Å². The van der Waals surface area contributed by atoms with Crippen LogP contribution in [-0.2, 0) is 0 Å². The Morgan fingerprint density at radius 3 is 1.25 bits per heavy atom. The molecule has 2 N–H and O–H groups in total. The van der Waals surface area contributed by atoms with E-state index in [-0.39, 0.29) is 13.2 Å². The average Bonchev–Trinajstić information content (AvgIpc) is 2.67. The zero-order valence-electron chi connectivity index (χ0n) is 13.4. The molecule has 2 heteroatoms. The molecule has 4 aromatic rings. The third-order valence-corrected chi connectivity index (χ3v) is 3.97. The molecule has 0 aliphatic rings. The molecule has 0 bridgehead atoms. The molecule has 0 unspecified atom stereocenters. The minimum Gasteiger partial charge on any atom is -0.394 e. The molecule has 0 aliphatic heterocycles. The van der Waals surface area contributed by atoms with Crippen molar-refractivity contribution in [1.29, 1.82) is 0 Å². The van der Waals surface area contributed by atoms with Gasteiger partial charge in [-0.2, -0.15) is 0 Å². The molecule has 24 heavy (non-hydrogen) atoms. The zero-order chi connectivity index (χ0) is 16.8. The Morgan fingerprint density at radius 2 is 0.833 bits per heavy atom. The van der Waals surface area contributed by atoms with Crippen molar-refractivity contribution >= 4 is 21.5 Å². The normalized spacial score (nSPS) is 10.4. The maximum absolute atomic E-state index is 7.62. The summed E-state index contributed by atoms with van der Waals surface area (Å²) in [6.07, 6.45) is 0. The Labute approximate surface area is 141 Å². The van der Waals surface area contributed by atoms with Crippen molar-refractivity contribution in [2.24, 2.45) is 0 Å². The van der Waals surface area contributed by atoms with E-state index in [4.69, 9.17) is 10.2 Å². The number of fused-ring (bicyclic) bond motifs is 2. The second kappa shape index (κ2) is 7.73. The molecule has 0 atom stereocenters. The summed E-state index contributed by atoms with van der Waals surface area (Å²) in [5.74, 6) is 0. The van der Waals surface area contributed by atoms with E-state index in [1.54, 1.807) is 0 Å². The zero-order valence-corrected chi connectivity index (χ0v) is 13.4. The molecular weight excluding hydrogens is 296 g/mol. The molecule has 4 aromatic carbocycles. The van der Waals surface area contributed by atoms with E-state index >= 15 is 0 Å². The molecular formula is C22H20O2. The van der Waals surface area contributed by atoms with E-state index < -0.39 is 0 Å². The van der Waals surface area contributed by atoms with Crippen LogP contribution < -0.4 is 0 Å². The van der Waals surface area contributed by atoms with Gasteiger partial charge in [0.2, 0.25) is 0 Å². The Kier molecular flexibility index (Phi) is 5.22. The van der Waals surface area contributed by atoms with Gasteiger partial charge in [0.05, 0.1) is 13.2 Å². The van der Waals surface area contributed by atoms with Crippen LogP contribution in [0.3, 0.4) is 0 Å². The lowest BCUT2D eigenvalue weighted by molar-refractivity contribution is 0.186. The van der Waals surface area contributed by atoms with Gasteiger partial charge in [-0.25, -0.2) is 0 Å². The van der Waals surface area contributed by atoms with Gasteiger partial charge in [0, 0.05) is 0 Å². The second-order valence-electron chi connectivity index (χ2n) is 5.50. The lowest BCUT2D eigenvalue weighted by Gasteiger charge is -2.10. The summed E-state index contributed by atoms with van der Waals surface area (Å²) in [6, 6.07) is 30.2. The van der Waals surface area contributed by atoms with Crippen LogP contribution in [0, 0.1) is 0 Å². The number of benzene rings is 4. The fourth-order valence-electron chi connectivity index (χ4n) is 2.92. The highest BCUT2D eigenvalue weighted by atomic mass is 16.3. The molecule has 0 aliphatic carbocycles. The fraction of sp³-hybridized carbons (Fsp3) is 0.0909. The number of hydrogen-bond acceptors (Lipinski definition) is 2. The van der Waals surface area contributed by atoms with Gasteiger partial charge in [-0.3, -0.25) is 0 Å². The van der Waals surface area contributed by atoms with E-state index in [2.05, 4.69) is 84.9 Å². The molecule has 0 heterocycles. The predicted octanol–water partition coefficient (Wildman–Crippen LogP) is 4.63. The predicted molar refractivity (Wildman–Crippen MR) is 101 cm³/mol. The van der Waals surface area contributed by atoms with E-state index in [9.17, 15) is 0 Å². The number of aliphatic hydroxyl groups excluding tert-OH is 2. The van der Waals surface area contributed by atoms with Gasteiger partial charge in [0.15, 0.2) is 0 Å². The largest absolute Gasteiger partial charge is 0.394 e. The van der Waals surface area contributed by atoms with Crippen LogP contribution in [0.1, 0.15) is 0 Å². The lowest BCUT2D eigenvalue weighted by Crippen LogP contribution is -1.85. The maximum atomic E-state index is 7.62. The van der Waals surface area contributed by atoms with Gasteiger partial charge >= 0.3 is 0 Å². The highest BCUT2D eigenvalue weighted by Gasteiger charge is 2.06.